The van der Waals surface area contributed by atoms with E-state index in [-0.39, 0.29) is 5.75 Å². The van der Waals surface area contributed by atoms with E-state index >= 15 is 0 Å². The monoisotopic (exact) mass is 314 g/mol. The average molecular weight is 314 g/mol. The molecule has 0 bridgehead atoms. The molecule has 2 aliphatic rings. The average Bonchev–Trinajstić information content (AvgIpc) is 2.92. The minimum atomic E-state index is -3.18. The number of thiazole rings is 1. The summed E-state index contributed by atoms with van der Waals surface area (Å²) in [5.74, 6) is 0.0590. The van der Waals surface area contributed by atoms with Gasteiger partial charge in [-0.25, -0.2) is 17.7 Å². The second kappa shape index (κ2) is 5.73. The van der Waals surface area contributed by atoms with E-state index in [2.05, 4.69) is 4.98 Å². The predicted molar refractivity (Wildman–Crippen MR) is 81.1 cm³/mol. The molecule has 4 nitrogen and oxygen atoms in total. The van der Waals surface area contributed by atoms with Crippen LogP contribution in [0, 0.1) is 5.41 Å². The lowest BCUT2D eigenvalue weighted by atomic mass is 9.68. The van der Waals surface area contributed by atoms with Crippen LogP contribution < -0.4 is 0 Å². The van der Waals surface area contributed by atoms with Gasteiger partial charge < -0.3 is 0 Å². The second-order valence-corrected chi connectivity index (χ2v) is 8.88. The van der Waals surface area contributed by atoms with Crippen molar-refractivity contribution in [3.8, 4) is 0 Å². The highest BCUT2D eigenvalue weighted by molar-refractivity contribution is 7.88. The van der Waals surface area contributed by atoms with Gasteiger partial charge in [-0.1, -0.05) is 19.3 Å². The smallest absolute Gasteiger partial charge is 0.219 e. The molecule has 6 heteroatoms. The molecule has 1 saturated heterocycles. The number of sulfonamides is 1. The lowest BCUT2D eigenvalue weighted by Crippen LogP contribution is -2.44. The van der Waals surface area contributed by atoms with Crippen molar-refractivity contribution < 1.29 is 8.42 Å². The molecular formula is C14H22N2O2S2. The standard InChI is InChI=1S/C14H22N2O2S2/c17-20(18,11-13-10-19-12-15-13)16-8-6-14(7-9-16)4-2-1-3-5-14/h10,12H,1-9,11H2. The third kappa shape index (κ3) is 3.07. The van der Waals surface area contributed by atoms with Crippen LogP contribution in [0.2, 0.25) is 0 Å². The first-order valence-corrected chi connectivity index (χ1v) is 10.00. The van der Waals surface area contributed by atoms with Crippen molar-refractivity contribution in [3.63, 3.8) is 0 Å². The minimum absolute atomic E-state index is 0.0590. The quantitative estimate of drug-likeness (QED) is 0.861. The van der Waals surface area contributed by atoms with E-state index in [1.165, 1.54) is 43.4 Å². The number of piperidine rings is 1. The molecule has 1 aromatic rings. The van der Waals surface area contributed by atoms with Crippen molar-refractivity contribution in [2.24, 2.45) is 5.41 Å². The molecule has 0 unspecified atom stereocenters. The van der Waals surface area contributed by atoms with Crippen LogP contribution in [0.4, 0.5) is 0 Å². The predicted octanol–water partition coefficient (Wildman–Crippen LogP) is 3.02. The molecule has 1 spiro atoms. The fraction of sp³-hybridized carbons (Fsp3) is 0.786. The summed E-state index contributed by atoms with van der Waals surface area (Å²) in [4.78, 5) is 4.09. The number of hydrogen-bond acceptors (Lipinski definition) is 4. The van der Waals surface area contributed by atoms with Gasteiger partial charge in [-0.15, -0.1) is 11.3 Å². The first-order valence-electron chi connectivity index (χ1n) is 7.45. The van der Waals surface area contributed by atoms with Gasteiger partial charge in [0, 0.05) is 18.5 Å². The van der Waals surface area contributed by atoms with E-state index in [4.69, 9.17) is 0 Å². The Morgan fingerprint density at radius 2 is 1.85 bits per heavy atom. The second-order valence-electron chi connectivity index (χ2n) is 6.20. The summed E-state index contributed by atoms with van der Waals surface area (Å²) < 4.78 is 26.5. The fourth-order valence-electron chi connectivity index (χ4n) is 3.63. The van der Waals surface area contributed by atoms with Gasteiger partial charge in [0.1, 0.15) is 5.75 Å². The summed E-state index contributed by atoms with van der Waals surface area (Å²) in [6.07, 6.45) is 8.69. The number of aromatic nitrogens is 1. The molecule has 20 heavy (non-hydrogen) atoms. The third-order valence-electron chi connectivity index (χ3n) is 4.90. The summed E-state index contributed by atoms with van der Waals surface area (Å²) in [6.45, 7) is 1.40. The van der Waals surface area contributed by atoms with Gasteiger partial charge in [0.05, 0.1) is 11.2 Å². The Bertz CT molecular complexity index is 524. The molecule has 2 heterocycles. The van der Waals surface area contributed by atoms with Crippen molar-refractivity contribution in [3.05, 3.63) is 16.6 Å². The Hall–Kier alpha value is -0.460. The summed E-state index contributed by atoms with van der Waals surface area (Å²) in [7, 11) is -3.18. The van der Waals surface area contributed by atoms with Crippen molar-refractivity contribution >= 4 is 21.4 Å². The molecule has 0 amide bonds. The molecule has 1 saturated carbocycles. The molecular weight excluding hydrogens is 292 g/mol. The van der Waals surface area contributed by atoms with Crippen LogP contribution in [0.3, 0.4) is 0 Å². The lowest BCUT2D eigenvalue weighted by molar-refractivity contribution is 0.102. The van der Waals surface area contributed by atoms with Gasteiger partial charge in [0.2, 0.25) is 10.0 Å². The van der Waals surface area contributed by atoms with E-state index in [9.17, 15) is 8.42 Å². The van der Waals surface area contributed by atoms with Crippen molar-refractivity contribution in [1.82, 2.24) is 9.29 Å². The van der Waals surface area contributed by atoms with E-state index in [0.29, 0.717) is 24.2 Å². The molecule has 0 atom stereocenters. The zero-order chi connectivity index (χ0) is 14.1. The maximum atomic E-state index is 12.4. The maximum absolute atomic E-state index is 12.4. The molecule has 1 aliphatic carbocycles. The Labute approximate surface area is 125 Å². The molecule has 0 radical (unpaired) electrons. The van der Waals surface area contributed by atoms with Gasteiger partial charge in [0.15, 0.2) is 0 Å². The van der Waals surface area contributed by atoms with Crippen LogP contribution in [0.1, 0.15) is 50.6 Å². The number of nitrogens with zero attached hydrogens (tertiary/aromatic N) is 2. The third-order valence-corrected chi connectivity index (χ3v) is 7.35. The van der Waals surface area contributed by atoms with Crippen molar-refractivity contribution in [2.75, 3.05) is 13.1 Å². The molecule has 3 rings (SSSR count). The van der Waals surface area contributed by atoms with E-state index in [1.54, 1.807) is 9.82 Å². The van der Waals surface area contributed by atoms with E-state index < -0.39 is 10.0 Å². The topological polar surface area (TPSA) is 50.3 Å². The minimum Gasteiger partial charge on any atom is -0.249 e. The highest BCUT2D eigenvalue weighted by atomic mass is 32.2. The lowest BCUT2D eigenvalue weighted by Gasteiger charge is -2.43. The fourth-order valence-corrected chi connectivity index (χ4v) is 5.74. The normalized spacial score (nSPS) is 24.0. The van der Waals surface area contributed by atoms with Crippen molar-refractivity contribution in [2.45, 2.75) is 50.7 Å². The van der Waals surface area contributed by atoms with Gasteiger partial charge in [0.25, 0.3) is 0 Å². The van der Waals surface area contributed by atoms with Crippen LogP contribution >= 0.6 is 11.3 Å². The summed E-state index contributed by atoms with van der Waals surface area (Å²) in [5.41, 5.74) is 2.82. The SMILES string of the molecule is O=S(=O)(Cc1cscn1)N1CCC2(CCCCC2)CC1. The Morgan fingerprint density at radius 3 is 2.45 bits per heavy atom. The van der Waals surface area contributed by atoms with E-state index in [1.807, 2.05) is 5.38 Å². The van der Waals surface area contributed by atoms with E-state index in [0.717, 1.165) is 12.8 Å². The van der Waals surface area contributed by atoms with Crippen LogP contribution in [0.25, 0.3) is 0 Å². The zero-order valence-electron chi connectivity index (χ0n) is 11.8. The first kappa shape index (κ1) is 14.5. The Balaban J connectivity index is 1.62. The molecule has 2 fully saturated rings. The summed E-state index contributed by atoms with van der Waals surface area (Å²) in [5, 5.41) is 1.82. The van der Waals surface area contributed by atoms with Gasteiger partial charge in [-0.05, 0) is 31.1 Å². The van der Waals surface area contributed by atoms with Crippen molar-refractivity contribution in [1.29, 1.82) is 0 Å². The zero-order valence-corrected chi connectivity index (χ0v) is 13.4. The van der Waals surface area contributed by atoms with Crippen LogP contribution in [0.15, 0.2) is 10.9 Å². The highest BCUT2D eigenvalue weighted by Gasteiger charge is 2.38. The Kier molecular flexibility index (Phi) is 4.15. The van der Waals surface area contributed by atoms with Gasteiger partial charge in [-0.3, -0.25) is 0 Å². The number of hydrogen-bond donors (Lipinski definition) is 0. The van der Waals surface area contributed by atoms with Crippen LogP contribution in [-0.2, 0) is 15.8 Å². The van der Waals surface area contributed by atoms with Gasteiger partial charge in [-0.2, -0.15) is 0 Å². The van der Waals surface area contributed by atoms with Crippen LogP contribution in [0.5, 0.6) is 0 Å². The number of rotatable bonds is 3. The molecule has 0 N–H and O–H groups in total. The summed E-state index contributed by atoms with van der Waals surface area (Å²) >= 11 is 1.45. The van der Waals surface area contributed by atoms with Gasteiger partial charge >= 0.3 is 0 Å². The maximum Gasteiger partial charge on any atom is 0.219 e. The Morgan fingerprint density at radius 1 is 1.15 bits per heavy atom. The molecule has 0 aromatic carbocycles. The summed E-state index contributed by atoms with van der Waals surface area (Å²) in [6, 6.07) is 0. The largest absolute Gasteiger partial charge is 0.249 e. The highest BCUT2D eigenvalue weighted by Crippen LogP contribution is 2.44. The first-order chi connectivity index (χ1) is 9.60. The molecule has 112 valence electrons. The van der Waals surface area contributed by atoms with Crippen LogP contribution in [-0.4, -0.2) is 30.8 Å². The molecule has 1 aliphatic heterocycles. The molecule has 1 aromatic heterocycles.